The van der Waals surface area contributed by atoms with Crippen LogP contribution in [-0.2, 0) is 0 Å². The van der Waals surface area contributed by atoms with Gasteiger partial charge in [-0.3, -0.25) is 0 Å². The molecule has 0 saturated heterocycles. The van der Waals surface area contributed by atoms with Crippen LogP contribution in [0.25, 0.3) is 0 Å². The van der Waals surface area contributed by atoms with Crippen LogP contribution in [0.1, 0.15) is 69.9 Å². The second-order valence-electron chi connectivity index (χ2n) is 4.63. The summed E-state index contributed by atoms with van der Waals surface area (Å²) in [5.41, 5.74) is 3.12. The van der Waals surface area contributed by atoms with E-state index >= 15 is 0 Å². The van der Waals surface area contributed by atoms with Crippen molar-refractivity contribution in [3.63, 3.8) is 0 Å². The van der Waals surface area contributed by atoms with Crippen molar-refractivity contribution in [1.29, 1.82) is 0 Å². The van der Waals surface area contributed by atoms with E-state index in [-0.39, 0.29) is 0 Å². The van der Waals surface area contributed by atoms with Gasteiger partial charge in [0, 0.05) is 0 Å². The Kier molecular flexibility index (Phi) is 4.87. The minimum Gasteiger partial charge on any atom is -0.0654 e. The quantitative estimate of drug-likeness (QED) is 0.625. The summed E-state index contributed by atoms with van der Waals surface area (Å²) < 4.78 is 0. The van der Waals surface area contributed by atoms with Gasteiger partial charge in [0.05, 0.1) is 0 Å². The lowest BCUT2D eigenvalue weighted by molar-refractivity contribution is 0.639. The van der Waals surface area contributed by atoms with Crippen molar-refractivity contribution in [3.05, 3.63) is 35.4 Å². The van der Waals surface area contributed by atoms with Gasteiger partial charge in [0.1, 0.15) is 0 Å². The predicted molar refractivity (Wildman–Crippen MR) is 68.5 cm³/mol. The zero-order chi connectivity index (χ0) is 11.3. The molecule has 0 radical (unpaired) electrons. The van der Waals surface area contributed by atoms with Gasteiger partial charge in [-0.2, -0.15) is 0 Å². The molecule has 0 fully saturated rings. The molecule has 0 N–H and O–H groups in total. The van der Waals surface area contributed by atoms with E-state index in [4.69, 9.17) is 0 Å². The van der Waals surface area contributed by atoms with Crippen LogP contribution >= 0.6 is 0 Å². The fourth-order valence-corrected chi connectivity index (χ4v) is 2.22. The van der Waals surface area contributed by atoms with Crippen LogP contribution in [0.5, 0.6) is 0 Å². The highest BCUT2D eigenvalue weighted by atomic mass is 14.2. The summed E-state index contributed by atoms with van der Waals surface area (Å²) in [4.78, 5) is 0. The highest BCUT2D eigenvalue weighted by Gasteiger charge is 2.12. The molecule has 84 valence electrons. The third-order valence-corrected chi connectivity index (χ3v) is 3.39. The van der Waals surface area contributed by atoms with Crippen molar-refractivity contribution in [2.75, 3.05) is 0 Å². The first-order valence-electron chi connectivity index (χ1n) is 6.29. The highest BCUT2D eigenvalue weighted by Crippen LogP contribution is 2.30. The summed E-state index contributed by atoms with van der Waals surface area (Å²) in [5.74, 6) is 1.40. The van der Waals surface area contributed by atoms with Crippen molar-refractivity contribution in [1.82, 2.24) is 0 Å². The Labute approximate surface area is 94.7 Å². The van der Waals surface area contributed by atoms with E-state index in [0.717, 1.165) is 0 Å². The predicted octanol–water partition coefficient (Wildman–Crippen LogP) is 5.10. The number of hydrogen-bond donors (Lipinski definition) is 0. The molecule has 15 heavy (non-hydrogen) atoms. The van der Waals surface area contributed by atoms with Gasteiger partial charge in [-0.05, 0) is 35.8 Å². The normalized spacial score (nSPS) is 14.9. The lowest BCUT2D eigenvalue weighted by atomic mass is 9.86. The summed E-state index contributed by atoms with van der Waals surface area (Å²) in [6.07, 6.45) is 3.80. The first-order valence-corrected chi connectivity index (χ1v) is 6.29. The largest absolute Gasteiger partial charge is 0.0654 e. The van der Waals surface area contributed by atoms with Crippen LogP contribution in [0.15, 0.2) is 24.3 Å². The fraction of sp³-hybridized carbons (Fsp3) is 0.600. The maximum absolute atomic E-state index is 2.35. The Balaban J connectivity index is 2.95. The molecule has 0 heteroatoms. The lowest BCUT2D eigenvalue weighted by Crippen LogP contribution is -2.02. The molecule has 1 aromatic carbocycles. The first-order chi connectivity index (χ1) is 7.20. The van der Waals surface area contributed by atoms with Crippen LogP contribution < -0.4 is 0 Å². The summed E-state index contributed by atoms with van der Waals surface area (Å²) in [6, 6.07) is 8.95. The Bertz CT molecular complexity index is 288. The number of rotatable bonds is 5. The second kappa shape index (κ2) is 5.95. The molecule has 0 aliphatic heterocycles. The lowest BCUT2D eigenvalue weighted by Gasteiger charge is -2.19. The fourth-order valence-electron chi connectivity index (χ4n) is 2.22. The molecule has 0 aliphatic rings. The van der Waals surface area contributed by atoms with E-state index in [1.54, 1.807) is 11.1 Å². The third kappa shape index (κ3) is 3.09. The molecule has 1 rings (SSSR count). The van der Waals surface area contributed by atoms with Crippen molar-refractivity contribution in [3.8, 4) is 0 Å². The molecule has 0 saturated carbocycles. The summed E-state index contributed by atoms with van der Waals surface area (Å²) in [6.45, 7) is 9.22. The SMILES string of the molecule is CCCC(C)c1ccccc1C(C)CC. The first kappa shape index (κ1) is 12.3. The van der Waals surface area contributed by atoms with Crippen molar-refractivity contribution in [2.24, 2.45) is 0 Å². The van der Waals surface area contributed by atoms with Gasteiger partial charge in [0.25, 0.3) is 0 Å². The summed E-state index contributed by atoms with van der Waals surface area (Å²) >= 11 is 0. The van der Waals surface area contributed by atoms with Gasteiger partial charge in [-0.15, -0.1) is 0 Å². The molecule has 0 aliphatic carbocycles. The Morgan fingerprint density at radius 1 is 0.933 bits per heavy atom. The van der Waals surface area contributed by atoms with Crippen LogP contribution in [0.2, 0.25) is 0 Å². The molecule has 0 amide bonds. The maximum atomic E-state index is 2.35. The van der Waals surface area contributed by atoms with E-state index < -0.39 is 0 Å². The topological polar surface area (TPSA) is 0 Å². The van der Waals surface area contributed by atoms with Gasteiger partial charge in [0.2, 0.25) is 0 Å². The zero-order valence-electron chi connectivity index (χ0n) is 10.6. The average Bonchev–Trinajstić information content (AvgIpc) is 2.28. The molecule has 0 aromatic heterocycles. The van der Waals surface area contributed by atoms with E-state index in [2.05, 4.69) is 52.0 Å². The van der Waals surface area contributed by atoms with Crippen LogP contribution in [0, 0.1) is 0 Å². The van der Waals surface area contributed by atoms with Crippen molar-refractivity contribution < 1.29 is 0 Å². The Morgan fingerprint density at radius 2 is 1.47 bits per heavy atom. The molecule has 0 bridgehead atoms. The van der Waals surface area contributed by atoms with E-state index in [0.29, 0.717) is 11.8 Å². The summed E-state index contributed by atoms with van der Waals surface area (Å²) in [5, 5.41) is 0. The van der Waals surface area contributed by atoms with Crippen molar-refractivity contribution in [2.45, 2.75) is 58.8 Å². The molecular formula is C15H24. The van der Waals surface area contributed by atoms with Gasteiger partial charge in [-0.25, -0.2) is 0 Å². The van der Waals surface area contributed by atoms with E-state index in [9.17, 15) is 0 Å². The maximum Gasteiger partial charge on any atom is -0.0188 e. The van der Waals surface area contributed by atoms with E-state index in [1.807, 2.05) is 0 Å². The van der Waals surface area contributed by atoms with Crippen LogP contribution in [0.3, 0.4) is 0 Å². The second-order valence-corrected chi connectivity index (χ2v) is 4.63. The van der Waals surface area contributed by atoms with Gasteiger partial charge in [0.15, 0.2) is 0 Å². The van der Waals surface area contributed by atoms with Gasteiger partial charge < -0.3 is 0 Å². The molecule has 1 aromatic rings. The van der Waals surface area contributed by atoms with E-state index in [1.165, 1.54) is 19.3 Å². The van der Waals surface area contributed by atoms with Crippen LogP contribution in [0.4, 0.5) is 0 Å². The number of hydrogen-bond acceptors (Lipinski definition) is 0. The monoisotopic (exact) mass is 204 g/mol. The minimum atomic E-state index is 0.695. The summed E-state index contributed by atoms with van der Waals surface area (Å²) in [7, 11) is 0. The standard InChI is InChI=1S/C15H24/c1-5-9-13(4)15-11-8-7-10-14(15)12(3)6-2/h7-8,10-13H,5-6,9H2,1-4H3. The molecule has 0 nitrogen and oxygen atoms in total. The third-order valence-electron chi connectivity index (χ3n) is 3.39. The zero-order valence-corrected chi connectivity index (χ0v) is 10.6. The Morgan fingerprint density at radius 3 is 1.93 bits per heavy atom. The molecule has 2 unspecified atom stereocenters. The molecule has 2 atom stereocenters. The Hall–Kier alpha value is -0.780. The number of benzene rings is 1. The van der Waals surface area contributed by atoms with Crippen LogP contribution in [-0.4, -0.2) is 0 Å². The van der Waals surface area contributed by atoms with Gasteiger partial charge in [-0.1, -0.05) is 58.4 Å². The smallest absolute Gasteiger partial charge is 0.0188 e. The average molecular weight is 204 g/mol. The minimum absolute atomic E-state index is 0.695. The van der Waals surface area contributed by atoms with Crippen molar-refractivity contribution >= 4 is 0 Å². The molecule has 0 heterocycles. The molecule has 0 spiro atoms. The molecular weight excluding hydrogens is 180 g/mol. The van der Waals surface area contributed by atoms with Gasteiger partial charge >= 0.3 is 0 Å². The highest BCUT2D eigenvalue weighted by molar-refractivity contribution is 5.32.